The molecule has 1 aliphatic rings. The van der Waals surface area contributed by atoms with Crippen molar-refractivity contribution in [1.29, 1.82) is 0 Å². The molecule has 0 heteroatoms. The molecular weight excluding hydrogens is 300 g/mol. The van der Waals surface area contributed by atoms with Crippen LogP contribution >= 0.6 is 0 Å². The van der Waals surface area contributed by atoms with Crippen molar-refractivity contribution >= 4 is 11.1 Å². The molecule has 4 rings (SSSR count). The minimum absolute atomic E-state index is 0.141. The van der Waals surface area contributed by atoms with E-state index in [1.54, 1.807) is 0 Å². The number of rotatable bonds is 4. The summed E-state index contributed by atoms with van der Waals surface area (Å²) in [6.45, 7) is 8.59. The van der Waals surface area contributed by atoms with Crippen molar-refractivity contribution in [1.82, 2.24) is 0 Å². The molecule has 1 atom stereocenters. The molecule has 0 saturated heterocycles. The normalized spacial score (nSPS) is 19.0. The summed E-state index contributed by atoms with van der Waals surface area (Å²) in [5, 5.41) is 0. The van der Waals surface area contributed by atoms with E-state index >= 15 is 0 Å². The molecule has 25 heavy (non-hydrogen) atoms. The van der Waals surface area contributed by atoms with Crippen LogP contribution in [0.5, 0.6) is 0 Å². The van der Waals surface area contributed by atoms with Crippen molar-refractivity contribution in [3.05, 3.63) is 119 Å². The van der Waals surface area contributed by atoms with Gasteiger partial charge < -0.3 is 0 Å². The summed E-state index contributed by atoms with van der Waals surface area (Å²) in [6, 6.07) is 30.3. The Bertz CT molecular complexity index is 961. The third kappa shape index (κ3) is 2.29. The van der Waals surface area contributed by atoms with E-state index in [9.17, 15) is 0 Å². The Balaban J connectivity index is 1.97. The monoisotopic (exact) mass is 322 g/mol. The highest BCUT2D eigenvalue weighted by atomic mass is 14.6. The Labute approximate surface area is 150 Å². The first-order valence-corrected chi connectivity index (χ1v) is 8.75. The lowest BCUT2D eigenvalue weighted by Gasteiger charge is -2.25. The maximum atomic E-state index is 4.23. The molecule has 0 fully saturated rings. The highest BCUT2D eigenvalue weighted by Gasteiger charge is 2.54. The van der Waals surface area contributed by atoms with E-state index in [1.165, 1.54) is 33.4 Å². The number of hydrogen-bond acceptors (Lipinski definition) is 0. The minimum Gasteiger partial charge on any atom is -0.0955 e. The number of hydrogen-bond donors (Lipinski definition) is 0. The first-order chi connectivity index (χ1) is 12.2. The van der Waals surface area contributed by atoms with Gasteiger partial charge >= 0.3 is 0 Å². The van der Waals surface area contributed by atoms with Gasteiger partial charge in [-0.2, -0.15) is 0 Å². The van der Waals surface area contributed by atoms with E-state index in [4.69, 9.17) is 0 Å². The van der Waals surface area contributed by atoms with Crippen molar-refractivity contribution in [3.8, 4) is 0 Å². The van der Waals surface area contributed by atoms with E-state index in [0.717, 1.165) is 5.57 Å². The molecule has 0 amide bonds. The summed E-state index contributed by atoms with van der Waals surface area (Å²) in [5.41, 5.74) is 9.05. The van der Waals surface area contributed by atoms with Crippen molar-refractivity contribution in [2.24, 2.45) is 0 Å². The fourth-order valence-electron chi connectivity index (χ4n) is 4.17. The second kappa shape index (κ2) is 5.89. The van der Waals surface area contributed by atoms with Gasteiger partial charge in [-0.15, -0.1) is 0 Å². The van der Waals surface area contributed by atoms with Gasteiger partial charge in [-0.05, 0) is 47.2 Å². The zero-order valence-corrected chi connectivity index (χ0v) is 14.8. The van der Waals surface area contributed by atoms with Gasteiger partial charge in [0.2, 0.25) is 0 Å². The van der Waals surface area contributed by atoms with E-state index in [2.05, 4.69) is 105 Å². The van der Waals surface area contributed by atoms with Crippen molar-refractivity contribution in [3.63, 3.8) is 0 Å². The van der Waals surface area contributed by atoms with Crippen LogP contribution < -0.4 is 0 Å². The second-order valence-corrected chi connectivity index (χ2v) is 6.81. The smallest absolute Gasteiger partial charge is 0.0676 e. The predicted octanol–water partition coefficient (Wildman–Crippen LogP) is 6.49. The Morgan fingerprint density at radius 2 is 1.32 bits per heavy atom. The van der Waals surface area contributed by atoms with Gasteiger partial charge in [-0.25, -0.2) is 0 Å². The summed E-state index contributed by atoms with van der Waals surface area (Å²) in [7, 11) is 0. The van der Waals surface area contributed by atoms with E-state index < -0.39 is 0 Å². The Hall–Kier alpha value is -2.86. The highest BCUT2D eigenvalue weighted by molar-refractivity contribution is 6.00. The lowest BCUT2D eigenvalue weighted by atomic mass is 9.77. The molecule has 1 aliphatic carbocycles. The Morgan fingerprint density at radius 3 is 1.96 bits per heavy atom. The predicted molar refractivity (Wildman–Crippen MR) is 107 cm³/mol. The SMILES string of the molecule is C=C(C)c1ccccc1C1(c2ccccc2)C(C)=C1c1ccccc1. The van der Waals surface area contributed by atoms with Crippen LogP contribution in [0.2, 0.25) is 0 Å². The fraction of sp³-hybridized carbons (Fsp3) is 0.120. The lowest BCUT2D eigenvalue weighted by Crippen LogP contribution is -2.17. The molecule has 0 radical (unpaired) electrons. The van der Waals surface area contributed by atoms with E-state index in [0.29, 0.717) is 0 Å². The third-order valence-electron chi connectivity index (χ3n) is 5.31. The second-order valence-electron chi connectivity index (χ2n) is 6.81. The average molecular weight is 322 g/mol. The average Bonchev–Trinajstić information content (AvgIpc) is 3.29. The van der Waals surface area contributed by atoms with Gasteiger partial charge in [0.15, 0.2) is 0 Å². The van der Waals surface area contributed by atoms with E-state index in [1.807, 2.05) is 0 Å². The quantitative estimate of drug-likeness (QED) is 0.515. The molecule has 0 spiro atoms. The van der Waals surface area contributed by atoms with Gasteiger partial charge in [0.1, 0.15) is 0 Å². The first kappa shape index (κ1) is 15.7. The Kier molecular flexibility index (Phi) is 3.69. The summed E-state index contributed by atoms with van der Waals surface area (Å²) in [4.78, 5) is 0. The van der Waals surface area contributed by atoms with Crippen LogP contribution in [0.1, 0.15) is 36.1 Å². The standard InChI is InChI=1S/C25H22/c1-18(2)22-16-10-11-17-23(22)25(21-14-8-5-9-15-21)19(3)24(25)20-12-6-4-7-13-20/h4-17H,1H2,2-3H3. The van der Waals surface area contributed by atoms with Crippen LogP contribution in [-0.2, 0) is 5.41 Å². The number of benzene rings is 3. The van der Waals surface area contributed by atoms with Gasteiger partial charge in [0.05, 0.1) is 5.41 Å². The van der Waals surface area contributed by atoms with Gasteiger partial charge in [0, 0.05) is 0 Å². The zero-order valence-electron chi connectivity index (χ0n) is 14.8. The van der Waals surface area contributed by atoms with Crippen LogP contribution in [0.4, 0.5) is 0 Å². The number of allylic oxidation sites excluding steroid dienone is 3. The molecule has 0 saturated carbocycles. The van der Waals surface area contributed by atoms with Crippen LogP contribution in [-0.4, -0.2) is 0 Å². The molecule has 0 aliphatic heterocycles. The van der Waals surface area contributed by atoms with Gasteiger partial charge in [-0.1, -0.05) is 97.1 Å². The van der Waals surface area contributed by atoms with Crippen LogP contribution in [0.15, 0.2) is 97.1 Å². The molecule has 0 N–H and O–H groups in total. The van der Waals surface area contributed by atoms with Crippen LogP contribution in [0.3, 0.4) is 0 Å². The van der Waals surface area contributed by atoms with Gasteiger partial charge in [0.25, 0.3) is 0 Å². The van der Waals surface area contributed by atoms with Crippen molar-refractivity contribution in [2.75, 3.05) is 0 Å². The third-order valence-corrected chi connectivity index (χ3v) is 5.31. The molecular formula is C25H22. The molecule has 0 nitrogen and oxygen atoms in total. The molecule has 3 aromatic rings. The molecule has 0 aromatic heterocycles. The molecule has 3 aromatic carbocycles. The van der Waals surface area contributed by atoms with Crippen molar-refractivity contribution < 1.29 is 0 Å². The van der Waals surface area contributed by atoms with E-state index in [-0.39, 0.29) is 5.41 Å². The Morgan fingerprint density at radius 1 is 0.760 bits per heavy atom. The maximum Gasteiger partial charge on any atom is 0.0676 e. The largest absolute Gasteiger partial charge is 0.0955 e. The summed E-state index contributed by atoms with van der Waals surface area (Å²) in [5.74, 6) is 0. The van der Waals surface area contributed by atoms with Gasteiger partial charge in [-0.3, -0.25) is 0 Å². The first-order valence-electron chi connectivity index (χ1n) is 8.75. The minimum atomic E-state index is -0.141. The molecule has 1 unspecified atom stereocenters. The summed E-state index contributed by atoms with van der Waals surface area (Å²) < 4.78 is 0. The lowest BCUT2D eigenvalue weighted by molar-refractivity contribution is 0.898. The van der Waals surface area contributed by atoms with Crippen molar-refractivity contribution in [2.45, 2.75) is 19.3 Å². The fourth-order valence-corrected chi connectivity index (χ4v) is 4.17. The highest BCUT2D eigenvalue weighted by Crippen LogP contribution is 2.64. The van der Waals surface area contributed by atoms with Crippen LogP contribution in [0, 0.1) is 0 Å². The van der Waals surface area contributed by atoms with Crippen LogP contribution in [0.25, 0.3) is 11.1 Å². The summed E-state index contributed by atoms with van der Waals surface area (Å²) in [6.07, 6.45) is 0. The zero-order chi connectivity index (χ0) is 17.4. The maximum absolute atomic E-state index is 4.23. The topological polar surface area (TPSA) is 0 Å². The molecule has 0 bridgehead atoms. The summed E-state index contributed by atoms with van der Waals surface area (Å²) >= 11 is 0. The molecule has 122 valence electrons. The molecule has 0 heterocycles.